The van der Waals surface area contributed by atoms with Crippen molar-refractivity contribution in [3.8, 4) is 17.2 Å². The van der Waals surface area contributed by atoms with Crippen LogP contribution in [0.1, 0.15) is 43.6 Å². The zero-order valence-corrected chi connectivity index (χ0v) is 24.2. The Morgan fingerprint density at radius 2 is 1.86 bits per heavy atom. The van der Waals surface area contributed by atoms with Gasteiger partial charge in [0.1, 0.15) is 23.2 Å². The predicted octanol–water partition coefficient (Wildman–Crippen LogP) is 3.32. The van der Waals surface area contributed by atoms with Gasteiger partial charge >= 0.3 is 11.7 Å². The maximum atomic E-state index is 12.9. The standard InChI is InChI=1S/C30H34N2O11/c1-14(2)6-7-15-12-16(8-11-19(15)33)26(36)32-21-22(34)18-10-9-17(13-20(18)41-27(21)37)40-28-23(35)24(42-29(31)38)25(39-5)30(3,4)43-28/h6,8-13,23-25,28,33-35H,7H2,1-5H3,(H2,31,38)(H,32,36)/t23?,24-,25-,28-/m1/s1. The third-order valence-electron chi connectivity index (χ3n) is 6.94. The number of carbonyl (C=O) groups excluding carboxylic acids is 2. The number of ether oxygens (including phenoxy) is 4. The first-order valence-corrected chi connectivity index (χ1v) is 13.3. The summed E-state index contributed by atoms with van der Waals surface area (Å²) in [5, 5.41) is 34.3. The van der Waals surface area contributed by atoms with Crippen LogP contribution in [0.2, 0.25) is 0 Å². The largest absolute Gasteiger partial charge is 0.508 e. The van der Waals surface area contributed by atoms with Crippen molar-refractivity contribution < 1.29 is 48.3 Å². The van der Waals surface area contributed by atoms with Crippen LogP contribution in [0, 0.1) is 0 Å². The Morgan fingerprint density at radius 1 is 1.14 bits per heavy atom. The van der Waals surface area contributed by atoms with Crippen LogP contribution in [-0.4, -0.2) is 64.6 Å². The summed E-state index contributed by atoms with van der Waals surface area (Å²) >= 11 is 0. The number of phenols is 1. The molecule has 6 N–H and O–H groups in total. The quantitative estimate of drug-likeness (QED) is 0.188. The summed E-state index contributed by atoms with van der Waals surface area (Å²) < 4.78 is 27.5. The van der Waals surface area contributed by atoms with Crippen LogP contribution < -0.4 is 21.4 Å². The molecule has 1 unspecified atom stereocenters. The molecule has 0 saturated carbocycles. The van der Waals surface area contributed by atoms with Crippen molar-refractivity contribution in [3.05, 3.63) is 69.6 Å². The molecule has 230 valence electrons. The van der Waals surface area contributed by atoms with E-state index in [1.807, 2.05) is 19.9 Å². The second kappa shape index (κ2) is 12.3. The monoisotopic (exact) mass is 598 g/mol. The number of carbonyl (C=O) groups is 2. The summed E-state index contributed by atoms with van der Waals surface area (Å²) in [6.07, 6.45) is -3.79. The summed E-state index contributed by atoms with van der Waals surface area (Å²) in [6, 6.07) is 8.33. The lowest BCUT2D eigenvalue weighted by Gasteiger charge is -2.47. The summed E-state index contributed by atoms with van der Waals surface area (Å²) in [5.74, 6) is -1.14. The second-order valence-electron chi connectivity index (χ2n) is 10.8. The molecule has 0 bridgehead atoms. The molecule has 43 heavy (non-hydrogen) atoms. The van der Waals surface area contributed by atoms with Crippen molar-refractivity contribution in [2.75, 3.05) is 12.4 Å². The highest BCUT2D eigenvalue weighted by Crippen LogP contribution is 2.36. The maximum Gasteiger partial charge on any atom is 0.404 e. The number of hydrogen-bond donors (Lipinski definition) is 5. The number of fused-ring (bicyclic) bond motifs is 1. The SMILES string of the molecule is CO[C@@H]1[C@H](OC(N)=O)C(O)[C@H](Oc2ccc3c(O)c(NC(=O)c4ccc(O)c(CC=C(C)C)c4)c(=O)oc3c2)OC1(C)C. The molecule has 1 fully saturated rings. The molecule has 3 aromatic rings. The number of amides is 2. The van der Waals surface area contributed by atoms with E-state index >= 15 is 0 Å². The Balaban J connectivity index is 1.58. The number of rotatable bonds is 8. The van der Waals surface area contributed by atoms with E-state index in [1.54, 1.807) is 13.8 Å². The number of benzene rings is 2. The van der Waals surface area contributed by atoms with E-state index < -0.39 is 59.3 Å². The topological polar surface area (TPSA) is 200 Å². The zero-order chi connectivity index (χ0) is 31.6. The van der Waals surface area contributed by atoms with Crippen molar-refractivity contribution in [2.24, 2.45) is 5.73 Å². The van der Waals surface area contributed by atoms with Gasteiger partial charge in [0.25, 0.3) is 5.91 Å². The highest BCUT2D eigenvalue weighted by molar-refractivity contribution is 6.06. The van der Waals surface area contributed by atoms with Gasteiger partial charge in [0, 0.05) is 18.7 Å². The van der Waals surface area contributed by atoms with E-state index in [1.165, 1.54) is 43.5 Å². The van der Waals surface area contributed by atoms with Crippen molar-refractivity contribution in [2.45, 2.75) is 64.3 Å². The molecule has 1 aliphatic rings. The summed E-state index contributed by atoms with van der Waals surface area (Å²) in [5.41, 5.74) is 4.19. The lowest BCUT2D eigenvalue weighted by atomic mass is 9.89. The molecular weight excluding hydrogens is 564 g/mol. The van der Waals surface area contributed by atoms with Crippen LogP contribution in [0.25, 0.3) is 11.0 Å². The number of primary amides is 1. The van der Waals surface area contributed by atoms with E-state index in [0.717, 1.165) is 5.57 Å². The Morgan fingerprint density at radius 3 is 2.51 bits per heavy atom. The molecule has 4 rings (SSSR count). The predicted molar refractivity (Wildman–Crippen MR) is 154 cm³/mol. The van der Waals surface area contributed by atoms with Gasteiger partial charge in [-0.3, -0.25) is 4.79 Å². The fraction of sp³-hybridized carbons (Fsp3) is 0.367. The molecule has 1 saturated heterocycles. The van der Waals surface area contributed by atoms with E-state index in [2.05, 4.69) is 5.32 Å². The number of anilines is 1. The molecule has 1 aliphatic heterocycles. The smallest absolute Gasteiger partial charge is 0.404 e. The van der Waals surface area contributed by atoms with Gasteiger partial charge in [0.15, 0.2) is 23.6 Å². The number of phenolic OH excluding ortho intramolecular Hbond substituents is 1. The van der Waals surface area contributed by atoms with Crippen molar-refractivity contribution in [1.82, 2.24) is 0 Å². The highest BCUT2D eigenvalue weighted by Gasteiger charge is 2.53. The molecule has 2 amide bonds. The van der Waals surface area contributed by atoms with E-state index in [9.17, 15) is 29.7 Å². The number of aromatic hydroxyl groups is 2. The Kier molecular flexibility index (Phi) is 8.99. The van der Waals surface area contributed by atoms with Crippen LogP contribution in [-0.2, 0) is 20.6 Å². The lowest BCUT2D eigenvalue weighted by molar-refractivity contribution is -0.304. The molecule has 1 aromatic heterocycles. The third-order valence-corrected chi connectivity index (χ3v) is 6.94. The molecule has 13 nitrogen and oxygen atoms in total. The number of aliphatic hydroxyl groups excluding tert-OH is 1. The van der Waals surface area contributed by atoms with Crippen LogP contribution in [0.4, 0.5) is 10.5 Å². The Bertz CT molecular complexity index is 1620. The summed E-state index contributed by atoms with van der Waals surface area (Å²) in [7, 11) is 1.36. The molecule has 2 heterocycles. The number of hydrogen-bond acceptors (Lipinski definition) is 11. The van der Waals surface area contributed by atoms with Crippen LogP contribution >= 0.6 is 0 Å². The lowest BCUT2D eigenvalue weighted by Crippen LogP contribution is -2.65. The zero-order valence-electron chi connectivity index (χ0n) is 24.2. The molecule has 13 heteroatoms. The number of nitrogens with two attached hydrogens (primary N) is 1. The van der Waals surface area contributed by atoms with Crippen LogP contribution in [0.15, 0.2) is 57.3 Å². The number of methoxy groups -OCH3 is 1. The summed E-state index contributed by atoms with van der Waals surface area (Å²) in [6.45, 7) is 7.12. The highest BCUT2D eigenvalue weighted by atomic mass is 16.7. The van der Waals surface area contributed by atoms with Gasteiger partial charge in [-0.15, -0.1) is 0 Å². The number of allylic oxidation sites excluding steroid dienone is 2. The minimum Gasteiger partial charge on any atom is -0.508 e. The normalized spacial score (nSPS) is 21.2. The molecule has 0 spiro atoms. The molecule has 0 aliphatic carbocycles. The molecule has 2 aromatic carbocycles. The van der Waals surface area contributed by atoms with Crippen molar-refractivity contribution >= 4 is 28.7 Å². The number of aliphatic hydroxyl groups is 1. The van der Waals surface area contributed by atoms with E-state index in [-0.39, 0.29) is 28.0 Å². The average molecular weight is 599 g/mol. The van der Waals surface area contributed by atoms with Gasteiger partial charge in [-0.05, 0) is 70.0 Å². The first kappa shape index (κ1) is 31.3. The molecule has 0 radical (unpaired) electrons. The van der Waals surface area contributed by atoms with Gasteiger partial charge in [-0.2, -0.15) is 0 Å². The molecule has 4 atom stereocenters. The van der Waals surface area contributed by atoms with Gasteiger partial charge in [-0.25, -0.2) is 9.59 Å². The number of nitrogens with one attached hydrogen (secondary N) is 1. The second-order valence-corrected chi connectivity index (χ2v) is 10.8. The Hall–Kier alpha value is -4.59. The average Bonchev–Trinajstić information content (AvgIpc) is 2.92. The van der Waals surface area contributed by atoms with Gasteiger partial charge < -0.3 is 49.7 Å². The summed E-state index contributed by atoms with van der Waals surface area (Å²) in [4.78, 5) is 37.2. The third kappa shape index (κ3) is 6.74. The maximum absolute atomic E-state index is 12.9. The van der Waals surface area contributed by atoms with Crippen molar-refractivity contribution in [1.29, 1.82) is 0 Å². The van der Waals surface area contributed by atoms with Gasteiger partial charge in [-0.1, -0.05) is 11.6 Å². The minimum atomic E-state index is -1.51. The van der Waals surface area contributed by atoms with Crippen LogP contribution in [0.5, 0.6) is 17.2 Å². The van der Waals surface area contributed by atoms with E-state index in [4.69, 9.17) is 29.1 Å². The van der Waals surface area contributed by atoms with E-state index in [0.29, 0.717) is 12.0 Å². The fourth-order valence-electron chi connectivity index (χ4n) is 4.82. The molecular formula is C30H34N2O11. The first-order chi connectivity index (χ1) is 20.2. The minimum absolute atomic E-state index is 0.0179. The van der Waals surface area contributed by atoms with Crippen molar-refractivity contribution in [3.63, 3.8) is 0 Å². The van der Waals surface area contributed by atoms with Gasteiger partial charge in [0.05, 0.1) is 11.0 Å². The van der Waals surface area contributed by atoms with Crippen LogP contribution in [0.3, 0.4) is 0 Å². The Labute approximate surface area is 246 Å². The fourth-order valence-corrected chi connectivity index (χ4v) is 4.82. The first-order valence-electron chi connectivity index (χ1n) is 13.3. The van der Waals surface area contributed by atoms with Gasteiger partial charge in [0.2, 0.25) is 6.29 Å².